The largest absolute Gasteiger partial charge is 0.478 e. The number of nitrogens with zero attached hydrogens (tertiary/aromatic N) is 2. The van der Waals surface area contributed by atoms with E-state index in [4.69, 9.17) is 16.7 Å². The highest BCUT2D eigenvalue weighted by Crippen LogP contribution is 2.16. The Morgan fingerprint density at radius 1 is 1.56 bits per heavy atom. The SMILES string of the molecule is Cn1ncc(C(=O)O)c1CNc1cccc(Cl)c1. The first-order valence-corrected chi connectivity index (χ1v) is 5.69. The van der Waals surface area contributed by atoms with Crippen LogP contribution in [0, 0.1) is 0 Å². The van der Waals surface area contributed by atoms with Crippen molar-refractivity contribution in [3.63, 3.8) is 0 Å². The highest BCUT2D eigenvalue weighted by atomic mass is 35.5. The van der Waals surface area contributed by atoms with Crippen LogP contribution in [0.3, 0.4) is 0 Å². The Bertz CT molecular complexity index is 580. The van der Waals surface area contributed by atoms with Crippen molar-refractivity contribution in [1.29, 1.82) is 0 Å². The lowest BCUT2D eigenvalue weighted by Gasteiger charge is -2.08. The molecular weight excluding hydrogens is 254 g/mol. The number of nitrogens with one attached hydrogen (secondary N) is 1. The van der Waals surface area contributed by atoms with Gasteiger partial charge in [-0.1, -0.05) is 17.7 Å². The first kappa shape index (κ1) is 12.4. The number of aryl methyl sites for hydroxylation is 1. The van der Waals surface area contributed by atoms with Gasteiger partial charge < -0.3 is 10.4 Å². The van der Waals surface area contributed by atoms with Crippen LogP contribution in [0.2, 0.25) is 5.02 Å². The van der Waals surface area contributed by atoms with Crippen LogP contribution in [-0.4, -0.2) is 20.9 Å². The molecule has 0 atom stereocenters. The lowest BCUT2D eigenvalue weighted by Crippen LogP contribution is -2.10. The number of benzene rings is 1. The van der Waals surface area contributed by atoms with Crippen LogP contribution in [0.5, 0.6) is 0 Å². The molecule has 0 saturated carbocycles. The standard InChI is InChI=1S/C12H12ClN3O2/c1-16-11(10(6-15-16)12(17)18)7-14-9-4-2-3-8(13)5-9/h2-6,14H,7H2,1H3,(H,17,18). The Balaban J connectivity index is 2.15. The number of aromatic nitrogens is 2. The van der Waals surface area contributed by atoms with Crippen molar-refractivity contribution in [2.24, 2.45) is 7.05 Å². The topological polar surface area (TPSA) is 67.2 Å². The van der Waals surface area contributed by atoms with Crippen LogP contribution < -0.4 is 5.32 Å². The molecule has 0 radical (unpaired) electrons. The molecule has 1 aromatic heterocycles. The third kappa shape index (κ3) is 2.62. The molecule has 6 heteroatoms. The molecule has 5 nitrogen and oxygen atoms in total. The number of aromatic carboxylic acids is 1. The van der Waals surface area contributed by atoms with E-state index >= 15 is 0 Å². The summed E-state index contributed by atoms with van der Waals surface area (Å²) in [5, 5.41) is 16.7. The van der Waals surface area contributed by atoms with Gasteiger partial charge in [-0.3, -0.25) is 4.68 Å². The average molecular weight is 266 g/mol. The summed E-state index contributed by atoms with van der Waals surface area (Å²) in [4.78, 5) is 11.0. The van der Waals surface area contributed by atoms with Gasteiger partial charge >= 0.3 is 5.97 Å². The average Bonchev–Trinajstić information content (AvgIpc) is 2.68. The smallest absolute Gasteiger partial charge is 0.339 e. The molecule has 94 valence electrons. The Hall–Kier alpha value is -2.01. The second-order valence-electron chi connectivity index (χ2n) is 3.80. The van der Waals surface area contributed by atoms with Gasteiger partial charge in [-0.05, 0) is 18.2 Å². The van der Waals surface area contributed by atoms with Gasteiger partial charge in [0.1, 0.15) is 5.56 Å². The number of hydrogen-bond acceptors (Lipinski definition) is 3. The summed E-state index contributed by atoms with van der Waals surface area (Å²) >= 11 is 5.87. The Morgan fingerprint density at radius 3 is 3.00 bits per heavy atom. The number of anilines is 1. The summed E-state index contributed by atoms with van der Waals surface area (Å²) in [6.07, 6.45) is 1.34. The number of carboxylic acids is 1. The van der Waals surface area contributed by atoms with E-state index in [1.54, 1.807) is 23.9 Å². The van der Waals surface area contributed by atoms with Crippen LogP contribution in [0.25, 0.3) is 0 Å². The fourth-order valence-corrected chi connectivity index (χ4v) is 1.83. The summed E-state index contributed by atoms with van der Waals surface area (Å²) in [7, 11) is 1.71. The van der Waals surface area contributed by atoms with Gasteiger partial charge in [0.25, 0.3) is 0 Å². The first-order chi connectivity index (χ1) is 8.58. The van der Waals surface area contributed by atoms with Crippen LogP contribution in [0.15, 0.2) is 30.5 Å². The van der Waals surface area contributed by atoms with Gasteiger partial charge in [-0.2, -0.15) is 5.10 Å². The van der Waals surface area contributed by atoms with Crippen molar-refractivity contribution in [1.82, 2.24) is 9.78 Å². The van der Waals surface area contributed by atoms with Gasteiger partial charge in [0.15, 0.2) is 0 Å². The Morgan fingerprint density at radius 2 is 2.33 bits per heavy atom. The van der Waals surface area contributed by atoms with E-state index in [1.807, 2.05) is 12.1 Å². The van der Waals surface area contributed by atoms with E-state index < -0.39 is 5.97 Å². The molecule has 2 aromatic rings. The number of carboxylic acid groups (broad SMARTS) is 1. The molecule has 0 bridgehead atoms. The van der Waals surface area contributed by atoms with E-state index in [9.17, 15) is 4.79 Å². The number of rotatable bonds is 4. The van der Waals surface area contributed by atoms with Crippen LogP contribution >= 0.6 is 11.6 Å². The Labute approximate surface area is 109 Å². The lowest BCUT2D eigenvalue weighted by atomic mass is 10.2. The summed E-state index contributed by atoms with van der Waals surface area (Å²) in [5.74, 6) is -0.981. The lowest BCUT2D eigenvalue weighted by molar-refractivity contribution is 0.0695. The predicted molar refractivity (Wildman–Crippen MR) is 68.9 cm³/mol. The molecule has 0 amide bonds. The van der Waals surface area contributed by atoms with Crippen molar-refractivity contribution in [2.45, 2.75) is 6.54 Å². The van der Waals surface area contributed by atoms with E-state index in [1.165, 1.54) is 6.20 Å². The molecule has 0 aliphatic carbocycles. The molecular formula is C12H12ClN3O2. The molecule has 0 fully saturated rings. The van der Waals surface area contributed by atoms with Gasteiger partial charge in [-0.15, -0.1) is 0 Å². The summed E-state index contributed by atoms with van der Waals surface area (Å²) in [6.45, 7) is 0.373. The molecule has 2 rings (SSSR count). The second-order valence-corrected chi connectivity index (χ2v) is 4.23. The molecule has 1 heterocycles. The molecule has 0 aliphatic rings. The van der Waals surface area contributed by atoms with Gasteiger partial charge in [0.2, 0.25) is 0 Å². The van der Waals surface area contributed by atoms with Crippen LogP contribution in [-0.2, 0) is 13.6 Å². The zero-order valence-corrected chi connectivity index (χ0v) is 10.5. The molecule has 0 spiro atoms. The van der Waals surface area contributed by atoms with Crippen molar-refractivity contribution in [2.75, 3.05) is 5.32 Å². The Kier molecular flexibility index (Phi) is 3.53. The molecule has 0 unspecified atom stereocenters. The molecule has 0 aliphatic heterocycles. The minimum atomic E-state index is -0.981. The predicted octanol–water partition coefficient (Wildman–Crippen LogP) is 2.38. The van der Waals surface area contributed by atoms with Crippen LogP contribution in [0.1, 0.15) is 16.1 Å². The molecule has 1 aromatic carbocycles. The van der Waals surface area contributed by atoms with Gasteiger partial charge in [-0.25, -0.2) is 4.79 Å². The molecule has 2 N–H and O–H groups in total. The van der Waals surface area contributed by atoms with Crippen LogP contribution in [0.4, 0.5) is 5.69 Å². The van der Waals surface area contributed by atoms with Crippen molar-refractivity contribution < 1.29 is 9.90 Å². The zero-order valence-electron chi connectivity index (χ0n) is 9.72. The monoisotopic (exact) mass is 265 g/mol. The van der Waals surface area contributed by atoms with Gasteiger partial charge in [0.05, 0.1) is 18.4 Å². The van der Waals surface area contributed by atoms with E-state index in [-0.39, 0.29) is 5.56 Å². The minimum absolute atomic E-state index is 0.201. The van der Waals surface area contributed by atoms with Gasteiger partial charge in [0, 0.05) is 17.8 Å². The number of halogens is 1. The van der Waals surface area contributed by atoms with Crippen molar-refractivity contribution >= 4 is 23.3 Å². The summed E-state index contributed by atoms with van der Waals surface area (Å²) < 4.78 is 1.54. The van der Waals surface area contributed by atoms with Crippen molar-refractivity contribution in [3.05, 3.63) is 46.7 Å². The number of carbonyl (C=O) groups is 1. The summed E-state index contributed by atoms with van der Waals surface area (Å²) in [5.41, 5.74) is 1.65. The maximum atomic E-state index is 11.0. The van der Waals surface area contributed by atoms with Crippen molar-refractivity contribution in [3.8, 4) is 0 Å². The third-order valence-corrected chi connectivity index (χ3v) is 2.81. The fraction of sp³-hybridized carbons (Fsp3) is 0.167. The third-order valence-electron chi connectivity index (χ3n) is 2.58. The van der Waals surface area contributed by atoms with E-state index in [2.05, 4.69) is 10.4 Å². The molecule has 0 saturated heterocycles. The van der Waals surface area contributed by atoms with E-state index in [0.29, 0.717) is 17.3 Å². The highest BCUT2D eigenvalue weighted by molar-refractivity contribution is 6.30. The number of hydrogen-bond donors (Lipinski definition) is 2. The maximum Gasteiger partial charge on any atom is 0.339 e. The maximum absolute atomic E-state index is 11.0. The second kappa shape index (κ2) is 5.10. The minimum Gasteiger partial charge on any atom is -0.478 e. The summed E-state index contributed by atoms with van der Waals surface area (Å²) in [6, 6.07) is 7.24. The molecule has 18 heavy (non-hydrogen) atoms. The fourth-order valence-electron chi connectivity index (χ4n) is 1.64. The normalized spacial score (nSPS) is 10.3. The quantitative estimate of drug-likeness (QED) is 0.891. The first-order valence-electron chi connectivity index (χ1n) is 5.31. The zero-order chi connectivity index (χ0) is 13.1. The van der Waals surface area contributed by atoms with E-state index in [0.717, 1.165) is 5.69 Å². The highest BCUT2D eigenvalue weighted by Gasteiger charge is 2.14.